The molecule has 4 aromatic rings. The largest absolute Gasteiger partial charge is 0.507 e. The maximum Gasteiger partial charge on any atom is 0.231 e. The van der Waals surface area contributed by atoms with E-state index in [4.69, 9.17) is 4.74 Å². The Morgan fingerprint density at radius 3 is 2.61 bits per heavy atom. The molecule has 7 heteroatoms. The monoisotopic (exact) mass is 480 g/mol. The maximum atomic E-state index is 13.3. The second kappa shape index (κ2) is 9.17. The molecule has 0 saturated carbocycles. The van der Waals surface area contributed by atoms with Crippen LogP contribution >= 0.6 is 0 Å². The first-order chi connectivity index (χ1) is 17.6. The standard InChI is InChI=1S/C29H28N4O3/c1-2-32-18-20(21-7-3-4-8-24(21)32)17-26-28(35)22-10-11-25(34)23(29(22)36-26)19-31-13-15-33(16-14-31)27-9-5-6-12-30-27/h3-12,17-18,34H,2,13-16,19H2,1H3/b26-17+. The van der Waals surface area contributed by atoms with E-state index in [2.05, 4.69) is 44.6 Å². The summed E-state index contributed by atoms with van der Waals surface area (Å²) in [7, 11) is 0. The van der Waals surface area contributed by atoms with E-state index in [-0.39, 0.29) is 17.3 Å². The number of carbonyl (C=O) groups excluding carboxylic acids is 1. The summed E-state index contributed by atoms with van der Waals surface area (Å²) in [6.07, 6.45) is 5.69. The molecule has 0 spiro atoms. The van der Waals surface area contributed by atoms with Gasteiger partial charge in [-0.05, 0) is 43.3 Å². The normalized spacial score (nSPS) is 17.1. The molecule has 0 radical (unpaired) electrons. The molecule has 1 fully saturated rings. The number of aromatic hydroxyl groups is 1. The van der Waals surface area contributed by atoms with Gasteiger partial charge in [-0.1, -0.05) is 24.3 Å². The van der Waals surface area contributed by atoms with Gasteiger partial charge in [0, 0.05) is 68.1 Å². The summed E-state index contributed by atoms with van der Waals surface area (Å²) in [4.78, 5) is 22.3. The number of pyridine rings is 1. The Bertz CT molecular complexity index is 1470. The smallest absolute Gasteiger partial charge is 0.231 e. The molecule has 1 N–H and O–H groups in total. The first-order valence-corrected chi connectivity index (χ1v) is 12.4. The van der Waals surface area contributed by atoms with Crippen LogP contribution in [0, 0.1) is 0 Å². The van der Waals surface area contributed by atoms with Crippen LogP contribution < -0.4 is 9.64 Å². The first kappa shape index (κ1) is 22.4. The molecule has 1 saturated heterocycles. The van der Waals surface area contributed by atoms with Gasteiger partial charge in [-0.2, -0.15) is 0 Å². The number of benzene rings is 2. The summed E-state index contributed by atoms with van der Waals surface area (Å²) >= 11 is 0. The molecule has 0 amide bonds. The van der Waals surface area contributed by atoms with Gasteiger partial charge in [0.25, 0.3) is 0 Å². The first-order valence-electron chi connectivity index (χ1n) is 12.4. The molecule has 0 aliphatic carbocycles. The lowest BCUT2D eigenvalue weighted by molar-refractivity contribution is 0.101. The average Bonchev–Trinajstić information content (AvgIpc) is 3.44. The molecule has 2 aromatic carbocycles. The molecule has 2 aliphatic rings. The van der Waals surface area contributed by atoms with Crippen molar-refractivity contribution in [2.75, 3.05) is 31.1 Å². The third-order valence-corrected chi connectivity index (χ3v) is 7.09. The lowest BCUT2D eigenvalue weighted by Gasteiger charge is -2.35. The van der Waals surface area contributed by atoms with Crippen molar-refractivity contribution in [3.8, 4) is 11.5 Å². The topological polar surface area (TPSA) is 70.8 Å². The lowest BCUT2D eigenvalue weighted by Crippen LogP contribution is -2.46. The zero-order valence-electron chi connectivity index (χ0n) is 20.2. The summed E-state index contributed by atoms with van der Waals surface area (Å²) < 4.78 is 8.32. The third kappa shape index (κ3) is 3.91. The van der Waals surface area contributed by atoms with Gasteiger partial charge in [0.05, 0.1) is 11.1 Å². The fraction of sp³-hybridized carbons (Fsp3) is 0.241. The predicted octanol–water partition coefficient (Wildman–Crippen LogP) is 4.70. The van der Waals surface area contributed by atoms with Crippen molar-refractivity contribution >= 4 is 28.6 Å². The number of nitrogens with zero attached hydrogens (tertiary/aromatic N) is 4. The number of piperazine rings is 1. The van der Waals surface area contributed by atoms with Crippen LogP contribution in [-0.2, 0) is 13.1 Å². The third-order valence-electron chi connectivity index (χ3n) is 7.09. The minimum atomic E-state index is -0.153. The maximum absolute atomic E-state index is 13.3. The van der Waals surface area contributed by atoms with E-state index in [1.54, 1.807) is 12.1 Å². The molecule has 2 aromatic heterocycles. The lowest BCUT2D eigenvalue weighted by atomic mass is 10.0. The van der Waals surface area contributed by atoms with Crippen molar-refractivity contribution < 1.29 is 14.6 Å². The Kier molecular flexibility index (Phi) is 5.70. The number of carbonyl (C=O) groups is 1. The van der Waals surface area contributed by atoms with Crippen LogP contribution in [0.5, 0.6) is 11.5 Å². The number of hydrogen-bond donors (Lipinski definition) is 1. The Hall–Kier alpha value is -4.10. The number of anilines is 1. The molecule has 6 rings (SSSR count). The number of fused-ring (bicyclic) bond motifs is 2. The number of aromatic nitrogens is 2. The van der Waals surface area contributed by atoms with E-state index < -0.39 is 0 Å². The quantitative estimate of drug-likeness (QED) is 0.418. The van der Waals surface area contributed by atoms with Crippen LogP contribution in [0.25, 0.3) is 17.0 Å². The Labute approximate surface area is 209 Å². The molecular weight excluding hydrogens is 452 g/mol. The minimum absolute atomic E-state index is 0.151. The predicted molar refractivity (Wildman–Crippen MR) is 140 cm³/mol. The number of rotatable bonds is 5. The average molecular weight is 481 g/mol. The number of ketones is 1. The summed E-state index contributed by atoms with van der Waals surface area (Å²) in [5.74, 6) is 1.74. The molecule has 36 heavy (non-hydrogen) atoms. The van der Waals surface area contributed by atoms with E-state index in [0.717, 1.165) is 55.0 Å². The van der Waals surface area contributed by atoms with Gasteiger partial charge in [-0.15, -0.1) is 0 Å². The number of hydrogen-bond acceptors (Lipinski definition) is 6. The Morgan fingerprint density at radius 1 is 1.03 bits per heavy atom. The second-order valence-electron chi connectivity index (χ2n) is 9.22. The van der Waals surface area contributed by atoms with Crippen LogP contribution in [0.1, 0.15) is 28.4 Å². The van der Waals surface area contributed by atoms with Crippen molar-refractivity contribution in [2.45, 2.75) is 20.0 Å². The van der Waals surface area contributed by atoms with E-state index in [0.29, 0.717) is 23.4 Å². The van der Waals surface area contributed by atoms with E-state index in [1.165, 1.54) is 0 Å². The van der Waals surface area contributed by atoms with Gasteiger partial charge in [-0.3, -0.25) is 9.69 Å². The number of phenols is 1. The fourth-order valence-electron chi connectivity index (χ4n) is 5.14. The molecular formula is C29H28N4O3. The van der Waals surface area contributed by atoms with Gasteiger partial charge in [0.1, 0.15) is 17.3 Å². The SMILES string of the molecule is CCn1cc(/C=C2/Oc3c(ccc(O)c3CN3CCN(c4ccccn4)CC3)C2=O)c2ccccc21. The van der Waals surface area contributed by atoms with E-state index in [1.807, 2.05) is 42.6 Å². The molecule has 0 unspecified atom stereocenters. The van der Waals surface area contributed by atoms with Gasteiger partial charge in [0.2, 0.25) is 5.78 Å². The number of aryl methyl sites for hydroxylation is 1. The highest BCUT2D eigenvalue weighted by Gasteiger charge is 2.32. The Balaban J connectivity index is 1.25. The molecule has 0 bridgehead atoms. The van der Waals surface area contributed by atoms with Gasteiger partial charge >= 0.3 is 0 Å². The molecule has 2 aliphatic heterocycles. The number of para-hydroxylation sites is 1. The minimum Gasteiger partial charge on any atom is -0.507 e. The van der Waals surface area contributed by atoms with Gasteiger partial charge < -0.3 is 19.3 Å². The van der Waals surface area contributed by atoms with Crippen LogP contribution in [0.3, 0.4) is 0 Å². The van der Waals surface area contributed by atoms with Crippen LogP contribution in [0.4, 0.5) is 5.82 Å². The summed E-state index contributed by atoms with van der Waals surface area (Å²) in [5, 5.41) is 11.8. The Morgan fingerprint density at radius 2 is 1.83 bits per heavy atom. The number of ether oxygens (including phenoxy) is 1. The number of allylic oxidation sites excluding steroid dienone is 1. The highest BCUT2D eigenvalue weighted by molar-refractivity contribution is 6.15. The number of Topliss-reactive ketones (excluding diaryl/α,β-unsaturated/α-hetero) is 1. The molecule has 7 nitrogen and oxygen atoms in total. The molecule has 0 atom stereocenters. The zero-order chi connectivity index (χ0) is 24.6. The second-order valence-corrected chi connectivity index (χ2v) is 9.22. The van der Waals surface area contributed by atoms with Crippen molar-refractivity contribution in [2.24, 2.45) is 0 Å². The van der Waals surface area contributed by atoms with Crippen LogP contribution in [0.15, 0.2) is 72.8 Å². The van der Waals surface area contributed by atoms with Crippen molar-refractivity contribution in [3.05, 3.63) is 89.4 Å². The highest BCUT2D eigenvalue weighted by Crippen LogP contribution is 2.40. The number of phenolic OH excluding ortho intramolecular Hbond substituents is 1. The van der Waals surface area contributed by atoms with Crippen LogP contribution in [-0.4, -0.2) is 51.5 Å². The van der Waals surface area contributed by atoms with Gasteiger partial charge in [0.15, 0.2) is 5.76 Å². The van der Waals surface area contributed by atoms with E-state index in [9.17, 15) is 9.90 Å². The summed E-state index contributed by atoms with van der Waals surface area (Å²) in [6.45, 7) is 6.80. The zero-order valence-corrected chi connectivity index (χ0v) is 20.2. The van der Waals surface area contributed by atoms with Crippen molar-refractivity contribution in [3.63, 3.8) is 0 Å². The van der Waals surface area contributed by atoms with Crippen LogP contribution in [0.2, 0.25) is 0 Å². The van der Waals surface area contributed by atoms with Crippen molar-refractivity contribution in [1.29, 1.82) is 0 Å². The van der Waals surface area contributed by atoms with E-state index >= 15 is 0 Å². The molecule has 182 valence electrons. The summed E-state index contributed by atoms with van der Waals surface area (Å²) in [5.41, 5.74) is 3.23. The highest BCUT2D eigenvalue weighted by atomic mass is 16.5. The molecule has 4 heterocycles. The van der Waals surface area contributed by atoms with Gasteiger partial charge in [-0.25, -0.2) is 4.98 Å². The van der Waals surface area contributed by atoms with Crippen molar-refractivity contribution in [1.82, 2.24) is 14.5 Å². The fourth-order valence-corrected chi connectivity index (χ4v) is 5.14. The summed E-state index contributed by atoms with van der Waals surface area (Å²) in [6, 6.07) is 17.4.